The fraction of sp³-hybridized carbons (Fsp3) is 0.600. The van der Waals surface area contributed by atoms with Gasteiger partial charge in [0.15, 0.2) is 0 Å². The van der Waals surface area contributed by atoms with Crippen molar-refractivity contribution in [3.05, 3.63) is 23.7 Å². The van der Waals surface area contributed by atoms with Crippen LogP contribution in [0.5, 0.6) is 0 Å². The molecule has 0 saturated heterocycles. The Morgan fingerprint density at radius 2 is 1.86 bits per heavy atom. The summed E-state index contributed by atoms with van der Waals surface area (Å²) in [4.78, 5) is 6.83. The first-order valence-corrected chi connectivity index (χ1v) is 7.54. The first-order chi connectivity index (χ1) is 10.2. The maximum atomic E-state index is 5.41. The molecule has 0 amide bonds. The minimum atomic E-state index is 0.115. The molecule has 2 rings (SSSR count). The standard InChI is InChI=1S/C15H23N5O/c1-5-9-20(10-6-2)12(4)15-16-14(19-21-15)13-8-7-11(3)17-18-13/h7-8,12H,5-6,9-10H2,1-4H3/t12-/m0/s1. The fourth-order valence-electron chi connectivity index (χ4n) is 2.26. The first kappa shape index (κ1) is 15.6. The Morgan fingerprint density at radius 1 is 1.14 bits per heavy atom. The molecule has 0 aliphatic rings. The van der Waals surface area contributed by atoms with Crippen LogP contribution in [-0.4, -0.2) is 38.3 Å². The van der Waals surface area contributed by atoms with Crippen molar-refractivity contribution < 1.29 is 4.52 Å². The molecule has 6 nitrogen and oxygen atoms in total. The Bertz CT molecular complexity index is 545. The molecule has 21 heavy (non-hydrogen) atoms. The predicted octanol–water partition coefficient (Wildman–Crippen LogP) is 3.02. The van der Waals surface area contributed by atoms with Gasteiger partial charge in [-0.25, -0.2) is 0 Å². The molecule has 0 bridgehead atoms. The zero-order chi connectivity index (χ0) is 15.2. The smallest absolute Gasteiger partial charge is 0.244 e. The quantitative estimate of drug-likeness (QED) is 0.780. The molecule has 0 N–H and O–H groups in total. The summed E-state index contributed by atoms with van der Waals surface area (Å²) in [6, 6.07) is 3.87. The average molecular weight is 289 g/mol. The van der Waals surface area contributed by atoms with Gasteiger partial charge >= 0.3 is 0 Å². The molecule has 0 spiro atoms. The van der Waals surface area contributed by atoms with E-state index in [0.717, 1.165) is 31.6 Å². The molecule has 0 aromatic carbocycles. The van der Waals surface area contributed by atoms with E-state index in [1.807, 2.05) is 19.1 Å². The van der Waals surface area contributed by atoms with Crippen LogP contribution in [0, 0.1) is 6.92 Å². The number of aryl methyl sites for hydroxylation is 1. The highest BCUT2D eigenvalue weighted by molar-refractivity contribution is 5.46. The van der Waals surface area contributed by atoms with Crippen LogP contribution in [0.1, 0.15) is 51.2 Å². The average Bonchev–Trinajstić information content (AvgIpc) is 2.97. The molecular formula is C15H23N5O. The third kappa shape index (κ3) is 3.85. The highest BCUT2D eigenvalue weighted by atomic mass is 16.5. The summed E-state index contributed by atoms with van der Waals surface area (Å²) >= 11 is 0. The third-order valence-corrected chi connectivity index (χ3v) is 3.40. The van der Waals surface area contributed by atoms with Gasteiger partial charge in [0.1, 0.15) is 5.69 Å². The van der Waals surface area contributed by atoms with Crippen LogP contribution >= 0.6 is 0 Å². The lowest BCUT2D eigenvalue weighted by Crippen LogP contribution is -2.28. The van der Waals surface area contributed by atoms with Gasteiger partial charge in [-0.3, -0.25) is 4.90 Å². The van der Waals surface area contributed by atoms with Crippen molar-refractivity contribution >= 4 is 0 Å². The number of rotatable bonds is 7. The van der Waals surface area contributed by atoms with Crippen molar-refractivity contribution in [2.45, 2.75) is 46.6 Å². The lowest BCUT2D eigenvalue weighted by molar-refractivity contribution is 0.173. The fourth-order valence-corrected chi connectivity index (χ4v) is 2.26. The largest absolute Gasteiger partial charge is 0.337 e. The van der Waals surface area contributed by atoms with E-state index in [1.165, 1.54) is 0 Å². The molecule has 1 atom stereocenters. The molecule has 0 saturated carbocycles. The van der Waals surface area contributed by atoms with Crippen LogP contribution in [0.2, 0.25) is 0 Å². The van der Waals surface area contributed by atoms with E-state index in [4.69, 9.17) is 4.52 Å². The second-order valence-electron chi connectivity index (χ2n) is 5.23. The SMILES string of the molecule is CCCN(CCC)[C@@H](C)c1nc(-c2ccc(C)nn2)no1. The van der Waals surface area contributed by atoms with Gasteiger partial charge in [-0.15, -0.1) is 5.10 Å². The van der Waals surface area contributed by atoms with Gasteiger partial charge in [0.05, 0.1) is 11.7 Å². The van der Waals surface area contributed by atoms with E-state index in [0.29, 0.717) is 17.4 Å². The van der Waals surface area contributed by atoms with Crippen LogP contribution in [0.4, 0.5) is 0 Å². The molecule has 2 aromatic heterocycles. The minimum Gasteiger partial charge on any atom is -0.337 e. The van der Waals surface area contributed by atoms with Crippen molar-refractivity contribution in [2.75, 3.05) is 13.1 Å². The van der Waals surface area contributed by atoms with Crippen molar-refractivity contribution in [3.8, 4) is 11.5 Å². The van der Waals surface area contributed by atoms with Crippen LogP contribution in [0.25, 0.3) is 11.5 Å². The summed E-state index contributed by atoms with van der Waals surface area (Å²) in [7, 11) is 0. The summed E-state index contributed by atoms with van der Waals surface area (Å²) < 4.78 is 5.41. The van der Waals surface area contributed by atoms with E-state index in [-0.39, 0.29) is 6.04 Å². The van der Waals surface area contributed by atoms with E-state index in [9.17, 15) is 0 Å². The highest BCUT2D eigenvalue weighted by Gasteiger charge is 2.21. The Hall–Kier alpha value is -1.82. The summed E-state index contributed by atoms with van der Waals surface area (Å²) in [6.07, 6.45) is 2.21. The number of hydrogen-bond donors (Lipinski definition) is 0. The van der Waals surface area contributed by atoms with Crippen molar-refractivity contribution in [1.29, 1.82) is 0 Å². The topological polar surface area (TPSA) is 67.9 Å². The predicted molar refractivity (Wildman–Crippen MR) is 80.6 cm³/mol. The molecule has 2 heterocycles. The van der Waals surface area contributed by atoms with Gasteiger partial charge in [0.25, 0.3) is 0 Å². The molecule has 0 fully saturated rings. The van der Waals surface area contributed by atoms with Gasteiger partial charge in [-0.2, -0.15) is 10.1 Å². The lowest BCUT2D eigenvalue weighted by atomic mass is 10.2. The van der Waals surface area contributed by atoms with Crippen LogP contribution in [0.15, 0.2) is 16.7 Å². The zero-order valence-electron chi connectivity index (χ0n) is 13.2. The second kappa shape index (κ2) is 7.26. The summed E-state index contributed by atoms with van der Waals surface area (Å²) in [5, 5.41) is 12.1. The van der Waals surface area contributed by atoms with Crippen molar-refractivity contribution in [3.63, 3.8) is 0 Å². The van der Waals surface area contributed by atoms with Crippen LogP contribution in [-0.2, 0) is 0 Å². The maximum Gasteiger partial charge on any atom is 0.244 e. The second-order valence-corrected chi connectivity index (χ2v) is 5.23. The summed E-state index contributed by atoms with van der Waals surface area (Å²) in [5.41, 5.74) is 1.51. The molecule has 0 unspecified atom stereocenters. The van der Waals surface area contributed by atoms with Gasteiger partial charge in [-0.05, 0) is 51.9 Å². The monoisotopic (exact) mass is 289 g/mol. The van der Waals surface area contributed by atoms with Gasteiger partial charge in [0.2, 0.25) is 11.7 Å². The normalized spacial score (nSPS) is 12.8. The summed E-state index contributed by atoms with van der Waals surface area (Å²) in [5.74, 6) is 1.13. The Morgan fingerprint density at radius 3 is 2.43 bits per heavy atom. The van der Waals surface area contributed by atoms with Crippen LogP contribution in [0.3, 0.4) is 0 Å². The molecule has 6 heteroatoms. The van der Waals surface area contributed by atoms with Gasteiger partial charge in [0, 0.05) is 0 Å². The van der Waals surface area contributed by atoms with Crippen molar-refractivity contribution in [2.24, 2.45) is 0 Å². The molecule has 2 aromatic rings. The van der Waals surface area contributed by atoms with Gasteiger partial charge in [-0.1, -0.05) is 19.0 Å². The molecule has 0 aliphatic heterocycles. The van der Waals surface area contributed by atoms with E-state index in [1.54, 1.807) is 0 Å². The Kier molecular flexibility index (Phi) is 5.38. The Labute approximate surface area is 125 Å². The first-order valence-electron chi connectivity index (χ1n) is 7.54. The lowest BCUT2D eigenvalue weighted by Gasteiger charge is -2.25. The maximum absolute atomic E-state index is 5.41. The highest BCUT2D eigenvalue weighted by Crippen LogP contribution is 2.21. The molecule has 0 aliphatic carbocycles. The number of hydrogen-bond acceptors (Lipinski definition) is 6. The van der Waals surface area contributed by atoms with E-state index in [2.05, 4.69) is 46.0 Å². The summed E-state index contributed by atoms with van der Waals surface area (Å²) in [6.45, 7) is 10.4. The third-order valence-electron chi connectivity index (χ3n) is 3.40. The zero-order valence-corrected chi connectivity index (χ0v) is 13.2. The number of nitrogens with zero attached hydrogens (tertiary/aromatic N) is 5. The minimum absolute atomic E-state index is 0.115. The number of aromatic nitrogens is 4. The Balaban J connectivity index is 2.16. The molecular weight excluding hydrogens is 266 g/mol. The van der Waals surface area contributed by atoms with E-state index < -0.39 is 0 Å². The van der Waals surface area contributed by atoms with Crippen LogP contribution < -0.4 is 0 Å². The molecule has 114 valence electrons. The van der Waals surface area contributed by atoms with Gasteiger partial charge < -0.3 is 4.52 Å². The van der Waals surface area contributed by atoms with Crippen molar-refractivity contribution in [1.82, 2.24) is 25.2 Å². The van der Waals surface area contributed by atoms with E-state index >= 15 is 0 Å². The molecule has 0 radical (unpaired) electrons.